The van der Waals surface area contributed by atoms with E-state index in [0.717, 1.165) is 33.9 Å². The Balaban J connectivity index is 1.82. The fourth-order valence-corrected chi connectivity index (χ4v) is 3.49. The van der Waals surface area contributed by atoms with Gasteiger partial charge in [-0.2, -0.15) is 0 Å². The summed E-state index contributed by atoms with van der Waals surface area (Å²) in [5, 5.41) is 10.5. The third-order valence-corrected chi connectivity index (χ3v) is 4.88. The molecule has 0 unspecified atom stereocenters. The van der Waals surface area contributed by atoms with Gasteiger partial charge in [0.15, 0.2) is 11.0 Å². The maximum absolute atomic E-state index is 5.93. The molecule has 0 radical (unpaired) electrons. The summed E-state index contributed by atoms with van der Waals surface area (Å²) in [6.45, 7) is 5.06. The number of rotatable bonds is 5. The zero-order valence-electron chi connectivity index (χ0n) is 13.2. The Morgan fingerprint density at radius 2 is 1.87 bits per heavy atom. The molecule has 0 fully saturated rings. The molecule has 0 aliphatic rings. The van der Waals surface area contributed by atoms with E-state index < -0.39 is 0 Å². The first-order valence-electron chi connectivity index (χ1n) is 7.55. The topological polar surface area (TPSA) is 30.7 Å². The van der Waals surface area contributed by atoms with Crippen LogP contribution in [0.4, 0.5) is 0 Å². The first-order valence-corrected chi connectivity index (χ1v) is 8.91. The standard InChI is InChI=1S/C18H18ClN3S/c1-3-22-17(15-6-4-5-13(2)11-15)20-21-18(22)23-12-14-7-9-16(19)10-8-14/h4-11H,3,12H2,1-2H3. The summed E-state index contributed by atoms with van der Waals surface area (Å²) in [5.41, 5.74) is 3.56. The van der Waals surface area contributed by atoms with E-state index in [9.17, 15) is 0 Å². The van der Waals surface area contributed by atoms with Crippen molar-refractivity contribution < 1.29 is 0 Å². The molecule has 0 amide bonds. The Kier molecular flexibility index (Phi) is 5.03. The number of aryl methyl sites for hydroxylation is 1. The van der Waals surface area contributed by atoms with Gasteiger partial charge in [-0.05, 0) is 37.6 Å². The summed E-state index contributed by atoms with van der Waals surface area (Å²) >= 11 is 7.62. The number of hydrogen-bond donors (Lipinski definition) is 0. The maximum Gasteiger partial charge on any atom is 0.191 e. The SMILES string of the molecule is CCn1c(SCc2ccc(Cl)cc2)nnc1-c1cccc(C)c1. The lowest BCUT2D eigenvalue weighted by Crippen LogP contribution is -2.00. The molecule has 2 aromatic carbocycles. The molecule has 0 saturated carbocycles. The molecule has 3 nitrogen and oxygen atoms in total. The number of hydrogen-bond acceptors (Lipinski definition) is 3. The van der Waals surface area contributed by atoms with Crippen molar-refractivity contribution in [1.82, 2.24) is 14.8 Å². The summed E-state index contributed by atoms with van der Waals surface area (Å²) < 4.78 is 2.16. The zero-order chi connectivity index (χ0) is 16.2. The molecular weight excluding hydrogens is 326 g/mol. The van der Waals surface area contributed by atoms with Gasteiger partial charge < -0.3 is 4.57 Å². The van der Waals surface area contributed by atoms with Gasteiger partial charge in [-0.3, -0.25) is 0 Å². The van der Waals surface area contributed by atoms with Crippen molar-refractivity contribution in [2.75, 3.05) is 0 Å². The summed E-state index contributed by atoms with van der Waals surface area (Å²) in [7, 11) is 0. The number of aromatic nitrogens is 3. The average molecular weight is 344 g/mol. The minimum absolute atomic E-state index is 0.761. The first-order chi connectivity index (χ1) is 11.2. The third kappa shape index (κ3) is 3.77. The van der Waals surface area contributed by atoms with Crippen LogP contribution < -0.4 is 0 Å². The minimum Gasteiger partial charge on any atom is -0.302 e. The molecule has 1 aromatic heterocycles. The molecule has 0 atom stereocenters. The highest BCUT2D eigenvalue weighted by molar-refractivity contribution is 7.98. The van der Waals surface area contributed by atoms with Crippen molar-refractivity contribution in [3.8, 4) is 11.4 Å². The third-order valence-electron chi connectivity index (χ3n) is 3.59. The van der Waals surface area contributed by atoms with E-state index in [4.69, 9.17) is 11.6 Å². The second-order valence-corrected chi connectivity index (χ2v) is 6.71. The first kappa shape index (κ1) is 16.1. The van der Waals surface area contributed by atoms with Crippen LogP contribution >= 0.6 is 23.4 Å². The Hall–Kier alpha value is -1.78. The van der Waals surface area contributed by atoms with Crippen LogP contribution in [0, 0.1) is 6.92 Å². The maximum atomic E-state index is 5.93. The second-order valence-electron chi connectivity index (χ2n) is 5.34. The molecule has 0 aliphatic carbocycles. The molecule has 0 saturated heterocycles. The van der Waals surface area contributed by atoms with E-state index in [0.29, 0.717) is 0 Å². The van der Waals surface area contributed by atoms with Crippen molar-refractivity contribution >= 4 is 23.4 Å². The van der Waals surface area contributed by atoms with Crippen molar-refractivity contribution in [2.45, 2.75) is 31.3 Å². The number of halogens is 1. The highest BCUT2D eigenvalue weighted by Gasteiger charge is 2.13. The monoisotopic (exact) mass is 343 g/mol. The average Bonchev–Trinajstić information content (AvgIpc) is 2.97. The van der Waals surface area contributed by atoms with Gasteiger partial charge in [0, 0.05) is 22.9 Å². The lowest BCUT2D eigenvalue weighted by Gasteiger charge is -2.08. The molecule has 0 bridgehead atoms. The predicted molar refractivity (Wildman–Crippen MR) is 96.9 cm³/mol. The van der Waals surface area contributed by atoms with Crippen LogP contribution in [0.1, 0.15) is 18.1 Å². The van der Waals surface area contributed by atoms with Crippen LogP contribution in [0.25, 0.3) is 11.4 Å². The number of thioether (sulfide) groups is 1. The van der Waals surface area contributed by atoms with Gasteiger partial charge in [0.05, 0.1) is 0 Å². The molecule has 1 heterocycles. The van der Waals surface area contributed by atoms with Gasteiger partial charge in [-0.1, -0.05) is 59.3 Å². The summed E-state index contributed by atoms with van der Waals surface area (Å²) in [5.74, 6) is 1.78. The molecule has 118 valence electrons. The lowest BCUT2D eigenvalue weighted by atomic mass is 10.1. The Labute approximate surface area is 145 Å². The highest BCUT2D eigenvalue weighted by atomic mass is 35.5. The molecule has 0 N–H and O–H groups in total. The fraction of sp³-hybridized carbons (Fsp3) is 0.222. The summed E-state index contributed by atoms with van der Waals surface area (Å²) in [6.07, 6.45) is 0. The number of benzene rings is 2. The molecule has 3 rings (SSSR count). The molecule has 3 aromatic rings. The Morgan fingerprint density at radius 1 is 1.09 bits per heavy atom. The van der Waals surface area contributed by atoms with Crippen LogP contribution in [0.5, 0.6) is 0 Å². The van der Waals surface area contributed by atoms with E-state index in [2.05, 4.69) is 52.9 Å². The number of nitrogens with zero attached hydrogens (tertiary/aromatic N) is 3. The Morgan fingerprint density at radius 3 is 2.57 bits per heavy atom. The molecule has 5 heteroatoms. The normalized spacial score (nSPS) is 10.9. The van der Waals surface area contributed by atoms with E-state index in [-0.39, 0.29) is 0 Å². The minimum atomic E-state index is 0.761. The Bertz CT molecular complexity index is 796. The molecule has 23 heavy (non-hydrogen) atoms. The molecular formula is C18H18ClN3S. The van der Waals surface area contributed by atoms with E-state index in [1.54, 1.807) is 11.8 Å². The molecule has 0 spiro atoms. The fourth-order valence-electron chi connectivity index (χ4n) is 2.41. The quantitative estimate of drug-likeness (QED) is 0.595. The highest BCUT2D eigenvalue weighted by Crippen LogP contribution is 2.27. The van der Waals surface area contributed by atoms with Gasteiger partial charge in [0.25, 0.3) is 0 Å². The van der Waals surface area contributed by atoms with Gasteiger partial charge in [0.2, 0.25) is 0 Å². The summed E-state index contributed by atoms with van der Waals surface area (Å²) in [4.78, 5) is 0. The van der Waals surface area contributed by atoms with Crippen molar-refractivity contribution in [3.63, 3.8) is 0 Å². The van der Waals surface area contributed by atoms with Crippen LogP contribution in [-0.2, 0) is 12.3 Å². The van der Waals surface area contributed by atoms with Crippen LogP contribution in [-0.4, -0.2) is 14.8 Å². The molecule has 0 aliphatic heterocycles. The van der Waals surface area contributed by atoms with Crippen molar-refractivity contribution in [3.05, 3.63) is 64.7 Å². The zero-order valence-corrected chi connectivity index (χ0v) is 14.7. The van der Waals surface area contributed by atoms with E-state index >= 15 is 0 Å². The van der Waals surface area contributed by atoms with Crippen molar-refractivity contribution in [1.29, 1.82) is 0 Å². The van der Waals surface area contributed by atoms with Gasteiger partial charge in [-0.15, -0.1) is 10.2 Å². The van der Waals surface area contributed by atoms with E-state index in [1.165, 1.54) is 11.1 Å². The lowest BCUT2D eigenvalue weighted by molar-refractivity contribution is 0.687. The largest absolute Gasteiger partial charge is 0.302 e. The van der Waals surface area contributed by atoms with Crippen LogP contribution in [0.3, 0.4) is 0 Å². The predicted octanol–water partition coefficient (Wildman–Crippen LogP) is 5.22. The van der Waals surface area contributed by atoms with Gasteiger partial charge in [0.1, 0.15) is 0 Å². The van der Waals surface area contributed by atoms with Gasteiger partial charge in [-0.25, -0.2) is 0 Å². The van der Waals surface area contributed by atoms with Crippen molar-refractivity contribution in [2.24, 2.45) is 0 Å². The van der Waals surface area contributed by atoms with Crippen LogP contribution in [0.2, 0.25) is 5.02 Å². The van der Waals surface area contributed by atoms with Gasteiger partial charge >= 0.3 is 0 Å². The van der Waals surface area contributed by atoms with E-state index in [1.807, 2.05) is 24.3 Å². The smallest absolute Gasteiger partial charge is 0.191 e. The summed E-state index contributed by atoms with van der Waals surface area (Å²) in [6, 6.07) is 16.3. The van der Waals surface area contributed by atoms with Crippen LogP contribution in [0.15, 0.2) is 53.7 Å². The second kappa shape index (κ2) is 7.20.